The summed E-state index contributed by atoms with van der Waals surface area (Å²) >= 11 is 1.81. The first-order valence-electron chi connectivity index (χ1n) is 7.10. The van der Waals surface area contributed by atoms with Gasteiger partial charge < -0.3 is 10.1 Å². The van der Waals surface area contributed by atoms with E-state index in [1.165, 1.54) is 9.75 Å². The maximum atomic E-state index is 11.8. The van der Waals surface area contributed by atoms with Crippen LogP contribution in [0.15, 0.2) is 12.1 Å². The van der Waals surface area contributed by atoms with E-state index in [2.05, 4.69) is 31.3 Å². The molecule has 0 aliphatic carbocycles. The van der Waals surface area contributed by atoms with E-state index in [9.17, 15) is 4.79 Å². The van der Waals surface area contributed by atoms with Gasteiger partial charge in [-0.15, -0.1) is 11.3 Å². The Kier molecular flexibility index (Phi) is 5.40. The minimum atomic E-state index is 0.149. The van der Waals surface area contributed by atoms with Crippen LogP contribution in [0.4, 0.5) is 0 Å². The van der Waals surface area contributed by atoms with Crippen LogP contribution in [0.2, 0.25) is 0 Å². The van der Waals surface area contributed by atoms with Crippen molar-refractivity contribution in [3.05, 3.63) is 21.9 Å². The fourth-order valence-corrected chi connectivity index (χ4v) is 3.48. The maximum absolute atomic E-state index is 11.8. The minimum absolute atomic E-state index is 0.149. The van der Waals surface area contributed by atoms with E-state index in [-0.39, 0.29) is 11.9 Å². The lowest BCUT2D eigenvalue weighted by Gasteiger charge is -2.14. The number of amides is 1. The van der Waals surface area contributed by atoms with Crippen LogP contribution in [-0.2, 0) is 16.0 Å². The maximum Gasteiger partial charge on any atom is 0.220 e. The smallest absolute Gasteiger partial charge is 0.220 e. The van der Waals surface area contributed by atoms with Gasteiger partial charge in [0.25, 0.3) is 0 Å². The molecule has 1 aliphatic heterocycles. The molecule has 0 bridgehead atoms. The van der Waals surface area contributed by atoms with E-state index >= 15 is 0 Å². The number of carbonyl (C=O) groups is 1. The molecule has 0 saturated carbocycles. The van der Waals surface area contributed by atoms with Crippen molar-refractivity contribution in [2.75, 3.05) is 6.61 Å². The largest absolute Gasteiger partial charge is 0.378 e. The molecule has 0 radical (unpaired) electrons. The van der Waals surface area contributed by atoms with Crippen LogP contribution >= 0.6 is 11.3 Å². The zero-order valence-electron chi connectivity index (χ0n) is 11.8. The van der Waals surface area contributed by atoms with Crippen molar-refractivity contribution in [2.45, 2.75) is 58.1 Å². The van der Waals surface area contributed by atoms with Crippen LogP contribution in [0.3, 0.4) is 0 Å². The average molecular weight is 281 g/mol. The average Bonchev–Trinajstić information content (AvgIpc) is 2.98. The van der Waals surface area contributed by atoms with Gasteiger partial charge in [0.1, 0.15) is 0 Å². The van der Waals surface area contributed by atoms with E-state index in [4.69, 9.17) is 4.74 Å². The molecule has 1 aliphatic rings. The van der Waals surface area contributed by atoms with Gasteiger partial charge in [-0.25, -0.2) is 0 Å². The number of hydrogen-bond donors (Lipinski definition) is 1. The number of ether oxygens (including phenoxy) is 1. The fraction of sp³-hybridized carbons (Fsp3) is 0.667. The van der Waals surface area contributed by atoms with Crippen molar-refractivity contribution in [2.24, 2.45) is 0 Å². The number of nitrogens with one attached hydrogen (secondary N) is 1. The van der Waals surface area contributed by atoms with E-state index in [1.807, 2.05) is 0 Å². The minimum Gasteiger partial charge on any atom is -0.378 e. The summed E-state index contributed by atoms with van der Waals surface area (Å²) in [5, 5.41) is 3.07. The van der Waals surface area contributed by atoms with Crippen LogP contribution in [-0.4, -0.2) is 24.7 Å². The molecule has 1 saturated heterocycles. The lowest BCUT2D eigenvalue weighted by molar-refractivity contribution is -0.122. The molecule has 3 nitrogen and oxygen atoms in total. The van der Waals surface area contributed by atoms with Crippen molar-refractivity contribution in [3.8, 4) is 0 Å². The summed E-state index contributed by atoms with van der Waals surface area (Å²) in [6.45, 7) is 5.04. The SMILES string of the molecule is Cc1ccc(CC(C)NC(=O)CCC2CCCO2)s1. The predicted octanol–water partition coefficient (Wildman–Crippen LogP) is 3.06. The summed E-state index contributed by atoms with van der Waals surface area (Å²) in [5.41, 5.74) is 0. The number of rotatable bonds is 6. The molecule has 2 heterocycles. The van der Waals surface area contributed by atoms with Crippen LogP contribution in [0.1, 0.15) is 42.4 Å². The van der Waals surface area contributed by atoms with Crippen LogP contribution in [0.25, 0.3) is 0 Å². The Hall–Kier alpha value is -0.870. The summed E-state index contributed by atoms with van der Waals surface area (Å²) in [4.78, 5) is 14.5. The zero-order valence-corrected chi connectivity index (χ0v) is 12.6. The highest BCUT2D eigenvalue weighted by Crippen LogP contribution is 2.18. The van der Waals surface area contributed by atoms with Gasteiger partial charge in [-0.05, 0) is 45.2 Å². The van der Waals surface area contributed by atoms with E-state index in [0.717, 1.165) is 32.3 Å². The quantitative estimate of drug-likeness (QED) is 0.870. The topological polar surface area (TPSA) is 38.3 Å². The Labute approximate surface area is 119 Å². The highest BCUT2D eigenvalue weighted by Gasteiger charge is 2.17. The number of thiophene rings is 1. The molecule has 1 N–H and O–H groups in total. The molecule has 0 spiro atoms. The number of carbonyl (C=O) groups excluding carboxylic acids is 1. The standard InChI is InChI=1S/C15H23NO2S/c1-11(10-14-7-5-12(2)19-14)16-15(17)8-6-13-4-3-9-18-13/h5,7,11,13H,3-4,6,8-10H2,1-2H3,(H,16,17). The Morgan fingerprint density at radius 1 is 1.58 bits per heavy atom. The molecule has 1 aromatic rings. The zero-order chi connectivity index (χ0) is 13.7. The van der Waals surface area contributed by atoms with Crippen molar-refractivity contribution in [1.82, 2.24) is 5.32 Å². The van der Waals surface area contributed by atoms with Gasteiger partial charge >= 0.3 is 0 Å². The van der Waals surface area contributed by atoms with Gasteiger partial charge in [0.15, 0.2) is 0 Å². The van der Waals surface area contributed by atoms with Crippen molar-refractivity contribution >= 4 is 17.2 Å². The molecule has 4 heteroatoms. The van der Waals surface area contributed by atoms with Gasteiger partial charge in [-0.1, -0.05) is 0 Å². The molecule has 19 heavy (non-hydrogen) atoms. The van der Waals surface area contributed by atoms with Gasteiger partial charge in [0, 0.05) is 35.2 Å². The fourth-order valence-electron chi connectivity index (χ4n) is 2.46. The summed E-state index contributed by atoms with van der Waals surface area (Å²) in [6, 6.07) is 4.48. The summed E-state index contributed by atoms with van der Waals surface area (Å²) in [6.07, 6.45) is 4.91. The first-order valence-corrected chi connectivity index (χ1v) is 7.91. The Balaban J connectivity index is 1.66. The molecule has 2 atom stereocenters. The summed E-state index contributed by atoms with van der Waals surface area (Å²) < 4.78 is 5.53. The Morgan fingerprint density at radius 3 is 3.05 bits per heavy atom. The molecule has 106 valence electrons. The molecular weight excluding hydrogens is 258 g/mol. The summed E-state index contributed by atoms with van der Waals surface area (Å²) in [5.74, 6) is 0.149. The third-order valence-electron chi connectivity index (χ3n) is 3.43. The van der Waals surface area contributed by atoms with E-state index in [0.29, 0.717) is 12.5 Å². The third-order valence-corrected chi connectivity index (χ3v) is 4.45. The van der Waals surface area contributed by atoms with E-state index < -0.39 is 0 Å². The van der Waals surface area contributed by atoms with Crippen LogP contribution in [0, 0.1) is 6.92 Å². The second-order valence-electron chi connectivity index (χ2n) is 5.36. The number of hydrogen-bond acceptors (Lipinski definition) is 3. The molecule has 0 aromatic carbocycles. The van der Waals surface area contributed by atoms with Crippen LogP contribution in [0.5, 0.6) is 0 Å². The normalized spacial score (nSPS) is 20.4. The van der Waals surface area contributed by atoms with Gasteiger partial charge in [-0.3, -0.25) is 4.79 Å². The van der Waals surface area contributed by atoms with Crippen LogP contribution < -0.4 is 5.32 Å². The first kappa shape index (κ1) is 14.5. The van der Waals surface area contributed by atoms with Gasteiger partial charge in [0.05, 0.1) is 6.10 Å². The predicted molar refractivity (Wildman–Crippen MR) is 78.6 cm³/mol. The lowest BCUT2D eigenvalue weighted by atomic mass is 10.1. The number of aryl methyl sites for hydroxylation is 1. The molecule has 2 unspecified atom stereocenters. The Morgan fingerprint density at radius 2 is 2.42 bits per heavy atom. The molecular formula is C15H23NO2S. The van der Waals surface area contributed by atoms with Crippen molar-refractivity contribution in [3.63, 3.8) is 0 Å². The third kappa shape index (κ3) is 4.96. The van der Waals surface area contributed by atoms with Gasteiger partial charge in [-0.2, -0.15) is 0 Å². The second kappa shape index (κ2) is 7.06. The van der Waals surface area contributed by atoms with Gasteiger partial charge in [0.2, 0.25) is 5.91 Å². The molecule has 1 fully saturated rings. The monoisotopic (exact) mass is 281 g/mol. The molecule has 1 aromatic heterocycles. The highest BCUT2D eigenvalue weighted by molar-refractivity contribution is 7.11. The van der Waals surface area contributed by atoms with E-state index in [1.54, 1.807) is 11.3 Å². The highest BCUT2D eigenvalue weighted by atomic mass is 32.1. The van der Waals surface area contributed by atoms with Crippen molar-refractivity contribution in [1.29, 1.82) is 0 Å². The van der Waals surface area contributed by atoms with Crippen molar-refractivity contribution < 1.29 is 9.53 Å². The lowest BCUT2D eigenvalue weighted by Crippen LogP contribution is -2.34. The molecule has 2 rings (SSSR count). The summed E-state index contributed by atoms with van der Waals surface area (Å²) in [7, 11) is 0. The first-order chi connectivity index (χ1) is 9.13. The Bertz CT molecular complexity index is 410. The second-order valence-corrected chi connectivity index (χ2v) is 6.73. The molecule has 1 amide bonds.